The average Bonchev–Trinajstić information content (AvgIpc) is 3.09. The zero-order valence-corrected chi connectivity index (χ0v) is 17.1. The number of carbonyl (C=O) groups excluding carboxylic acids is 1. The van der Waals surface area contributed by atoms with E-state index in [4.69, 9.17) is 0 Å². The molecular formula is C19H20N4O3S2. The molecule has 0 aliphatic rings. The lowest BCUT2D eigenvalue weighted by molar-refractivity contribution is -0.115. The molecule has 2 aromatic heterocycles. The number of rotatable bonds is 7. The third kappa shape index (κ3) is 5.00. The van der Waals surface area contributed by atoms with Crippen LogP contribution in [0.25, 0.3) is 0 Å². The third-order valence-corrected chi connectivity index (χ3v) is 6.60. The SMILES string of the molecule is CN(C)S(=O)(=O)c1cccc(NC(=O)Cc2csc(Cc3ccccn3)n2)c1. The fourth-order valence-electron chi connectivity index (χ4n) is 2.48. The molecule has 1 N–H and O–H groups in total. The normalized spacial score (nSPS) is 11.5. The molecule has 146 valence electrons. The molecule has 0 fully saturated rings. The van der Waals surface area contributed by atoms with E-state index in [-0.39, 0.29) is 17.2 Å². The van der Waals surface area contributed by atoms with Crippen LogP contribution in [0.4, 0.5) is 5.69 Å². The molecule has 3 rings (SSSR count). The van der Waals surface area contributed by atoms with Crippen molar-refractivity contribution in [2.75, 3.05) is 19.4 Å². The first-order valence-electron chi connectivity index (χ1n) is 8.50. The van der Waals surface area contributed by atoms with Gasteiger partial charge in [0.1, 0.15) is 0 Å². The fourth-order valence-corrected chi connectivity index (χ4v) is 4.24. The number of thiazole rings is 1. The van der Waals surface area contributed by atoms with Gasteiger partial charge in [0, 0.05) is 43.5 Å². The predicted molar refractivity (Wildman–Crippen MR) is 109 cm³/mol. The van der Waals surface area contributed by atoms with Crippen LogP contribution < -0.4 is 5.32 Å². The summed E-state index contributed by atoms with van der Waals surface area (Å²) in [6.07, 6.45) is 2.48. The largest absolute Gasteiger partial charge is 0.326 e. The molecule has 2 heterocycles. The van der Waals surface area contributed by atoms with Gasteiger partial charge in [-0.05, 0) is 30.3 Å². The number of hydrogen-bond donors (Lipinski definition) is 1. The van der Waals surface area contributed by atoms with Crippen LogP contribution in [0.5, 0.6) is 0 Å². The number of amides is 1. The molecule has 0 saturated heterocycles. The monoisotopic (exact) mass is 416 g/mol. The minimum absolute atomic E-state index is 0.114. The summed E-state index contributed by atoms with van der Waals surface area (Å²) in [6, 6.07) is 11.9. The van der Waals surface area contributed by atoms with E-state index in [1.807, 2.05) is 23.6 Å². The zero-order chi connectivity index (χ0) is 20.1. The van der Waals surface area contributed by atoms with Crippen molar-refractivity contribution in [3.63, 3.8) is 0 Å². The van der Waals surface area contributed by atoms with E-state index in [1.54, 1.807) is 18.3 Å². The Morgan fingerprint density at radius 3 is 2.68 bits per heavy atom. The van der Waals surface area contributed by atoms with Crippen LogP contribution in [0, 0.1) is 0 Å². The van der Waals surface area contributed by atoms with Crippen LogP contribution in [-0.2, 0) is 27.7 Å². The summed E-state index contributed by atoms with van der Waals surface area (Å²) in [5, 5.41) is 5.47. The van der Waals surface area contributed by atoms with Gasteiger partial charge >= 0.3 is 0 Å². The first-order valence-corrected chi connectivity index (χ1v) is 10.8. The molecule has 0 bridgehead atoms. The molecule has 3 aromatic rings. The third-order valence-electron chi connectivity index (χ3n) is 3.90. The van der Waals surface area contributed by atoms with Crippen molar-refractivity contribution >= 4 is 33.0 Å². The molecule has 0 atom stereocenters. The van der Waals surface area contributed by atoms with E-state index in [1.165, 1.54) is 37.6 Å². The van der Waals surface area contributed by atoms with Crippen molar-refractivity contribution in [1.29, 1.82) is 0 Å². The Morgan fingerprint density at radius 2 is 1.96 bits per heavy atom. The van der Waals surface area contributed by atoms with Crippen LogP contribution in [0.2, 0.25) is 0 Å². The Hall–Kier alpha value is -2.62. The van der Waals surface area contributed by atoms with E-state index in [0.717, 1.165) is 15.0 Å². The molecule has 0 aliphatic carbocycles. The molecule has 0 saturated carbocycles. The van der Waals surface area contributed by atoms with Crippen molar-refractivity contribution in [2.45, 2.75) is 17.7 Å². The number of aromatic nitrogens is 2. The Morgan fingerprint density at radius 1 is 1.14 bits per heavy atom. The predicted octanol–water partition coefficient (Wildman–Crippen LogP) is 2.56. The van der Waals surface area contributed by atoms with Crippen molar-refractivity contribution < 1.29 is 13.2 Å². The van der Waals surface area contributed by atoms with Crippen molar-refractivity contribution in [3.8, 4) is 0 Å². The van der Waals surface area contributed by atoms with E-state index in [9.17, 15) is 13.2 Å². The van der Waals surface area contributed by atoms with E-state index in [2.05, 4.69) is 15.3 Å². The summed E-state index contributed by atoms with van der Waals surface area (Å²) in [4.78, 5) is 21.2. The van der Waals surface area contributed by atoms with E-state index in [0.29, 0.717) is 17.8 Å². The Labute approximate surface area is 168 Å². The lowest BCUT2D eigenvalue weighted by Crippen LogP contribution is -2.22. The van der Waals surface area contributed by atoms with Gasteiger partial charge in [-0.2, -0.15) is 0 Å². The van der Waals surface area contributed by atoms with Crippen molar-refractivity contribution in [1.82, 2.24) is 14.3 Å². The first kappa shape index (κ1) is 20.1. The van der Waals surface area contributed by atoms with E-state index >= 15 is 0 Å². The lowest BCUT2D eigenvalue weighted by Gasteiger charge is -2.12. The maximum atomic E-state index is 12.3. The van der Waals surface area contributed by atoms with Gasteiger partial charge in [0.05, 0.1) is 22.0 Å². The van der Waals surface area contributed by atoms with Crippen molar-refractivity contribution in [3.05, 3.63) is 70.4 Å². The highest BCUT2D eigenvalue weighted by Gasteiger charge is 2.18. The topological polar surface area (TPSA) is 92.3 Å². The molecule has 1 aromatic carbocycles. The summed E-state index contributed by atoms with van der Waals surface area (Å²) in [6.45, 7) is 0. The van der Waals surface area contributed by atoms with Gasteiger partial charge in [-0.1, -0.05) is 12.1 Å². The number of anilines is 1. The fraction of sp³-hybridized carbons (Fsp3) is 0.211. The molecule has 1 amide bonds. The molecule has 0 spiro atoms. The minimum Gasteiger partial charge on any atom is -0.326 e. The van der Waals surface area contributed by atoms with Gasteiger partial charge < -0.3 is 5.32 Å². The molecular weight excluding hydrogens is 396 g/mol. The van der Waals surface area contributed by atoms with Crippen LogP contribution in [0.1, 0.15) is 16.4 Å². The first-order chi connectivity index (χ1) is 13.3. The van der Waals surface area contributed by atoms with Crippen LogP contribution in [0.3, 0.4) is 0 Å². The summed E-state index contributed by atoms with van der Waals surface area (Å²) in [5.41, 5.74) is 2.02. The maximum absolute atomic E-state index is 12.3. The number of hydrogen-bond acceptors (Lipinski definition) is 6. The van der Waals surface area contributed by atoms with E-state index < -0.39 is 10.0 Å². The molecule has 0 radical (unpaired) electrons. The summed E-state index contributed by atoms with van der Waals surface area (Å²) in [7, 11) is -0.628. The highest BCUT2D eigenvalue weighted by Crippen LogP contribution is 2.19. The van der Waals surface area contributed by atoms with Gasteiger partial charge in [0.15, 0.2) is 0 Å². The smallest absolute Gasteiger partial charge is 0.242 e. The quantitative estimate of drug-likeness (QED) is 0.639. The Kier molecular flexibility index (Phi) is 6.18. The summed E-state index contributed by atoms with van der Waals surface area (Å²) < 4.78 is 25.6. The molecule has 0 unspecified atom stereocenters. The summed E-state index contributed by atoms with van der Waals surface area (Å²) in [5.74, 6) is -0.255. The molecule has 0 aliphatic heterocycles. The van der Waals surface area contributed by atoms with Gasteiger partial charge in [-0.25, -0.2) is 17.7 Å². The number of nitrogens with one attached hydrogen (secondary N) is 1. The summed E-state index contributed by atoms with van der Waals surface area (Å²) >= 11 is 1.49. The Balaban J connectivity index is 1.64. The van der Waals surface area contributed by atoms with Gasteiger partial charge in [-0.15, -0.1) is 11.3 Å². The minimum atomic E-state index is -3.56. The van der Waals surface area contributed by atoms with Gasteiger partial charge in [-0.3, -0.25) is 9.78 Å². The molecule has 9 heteroatoms. The maximum Gasteiger partial charge on any atom is 0.242 e. The average molecular weight is 417 g/mol. The second-order valence-electron chi connectivity index (χ2n) is 6.27. The highest BCUT2D eigenvalue weighted by molar-refractivity contribution is 7.89. The highest BCUT2D eigenvalue weighted by atomic mass is 32.2. The second-order valence-corrected chi connectivity index (χ2v) is 9.37. The number of sulfonamides is 1. The Bertz CT molecular complexity index is 1060. The van der Waals surface area contributed by atoms with Crippen molar-refractivity contribution in [2.24, 2.45) is 0 Å². The molecule has 7 nitrogen and oxygen atoms in total. The van der Waals surface area contributed by atoms with Crippen LogP contribution >= 0.6 is 11.3 Å². The number of pyridine rings is 1. The zero-order valence-electron chi connectivity index (χ0n) is 15.5. The second kappa shape index (κ2) is 8.59. The van der Waals surface area contributed by atoms with Crippen LogP contribution in [0.15, 0.2) is 58.9 Å². The number of benzene rings is 1. The lowest BCUT2D eigenvalue weighted by atomic mass is 10.2. The standard InChI is InChI=1S/C19H20N4O3S2/c1-23(2)28(25,26)17-8-5-7-15(10-17)21-18(24)11-16-13-27-19(22-16)12-14-6-3-4-9-20-14/h3-10,13H,11-12H2,1-2H3,(H,21,24). The van der Waals surface area contributed by atoms with Gasteiger partial charge in [0.25, 0.3) is 0 Å². The van der Waals surface area contributed by atoms with Gasteiger partial charge in [0.2, 0.25) is 15.9 Å². The number of carbonyl (C=O) groups is 1. The number of nitrogens with zero attached hydrogens (tertiary/aromatic N) is 3. The van der Waals surface area contributed by atoms with Crippen LogP contribution in [-0.4, -0.2) is 42.7 Å². The molecule has 28 heavy (non-hydrogen) atoms.